The molecule has 0 bridgehead atoms. The van der Waals surface area contributed by atoms with Crippen molar-refractivity contribution in [3.05, 3.63) is 0 Å². The van der Waals surface area contributed by atoms with Crippen molar-refractivity contribution in [3.8, 4) is 0 Å². The quantitative estimate of drug-likeness (QED) is 0.365. The molecule has 0 aromatic heterocycles. The maximum absolute atomic E-state index is 8.74. The molecular weight excluding hydrogens is 165 g/mol. The maximum atomic E-state index is 8.74. The molecular formula is H7AlKNaO3Si. The van der Waals surface area contributed by atoms with Gasteiger partial charge in [0.1, 0.15) is 0 Å². The molecule has 0 fully saturated rings. The second-order valence-corrected chi connectivity index (χ2v) is 0.848. The summed E-state index contributed by atoms with van der Waals surface area (Å²) in [6.45, 7) is 0. The Labute approximate surface area is 119 Å². The third-order valence-corrected chi connectivity index (χ3v) is 0. The van der Waals surface area contributed by atoms with Crippen LogP contribution in [0.4, 0.5) is 0 Å². The van der Waals surface area contributed by atoms with Gasteiger partial charge in [-0.05, 0) is 0 Å². The van der Waals surface area contributed by atoms with Gasteiger partial charge in [0, 0.05) is 0 Å². The Balaban J connectivity index is -0.0000000150. The predicted octanol–water partition coefficient (Wildman–Crippen LogP) is -4.09. The molecule has 0 radical (unpaired) electrons. The van der Waals surface area contributed by atoms with Gasteiger partial charge in [-0.25, -0.2) is 0 Å². The minimum absolute atomic E-state index is 0. The summed E-state index contributed by atoms with van der Waals surface area (Å²) in [6, 6.07) is 0. The van der Waals surface area contributed by atoms with Crippen molar-refractivity contribution in [1.29, 1.82) is 0 Å². The molecule has 0 saturated carbocycles. The zero-order valence-electron chi connectivity index (χ0n) is 1.80. The molecule has 7 heteroatoms. The number of hydrogen-bond acceptors (Lipinski definition) is 1. The van der Waals surface area contributed by atoms with Crippen molar-refractivity contribution in [2.24, 2.45) is 0 Å². The van der Waals surface area contributed by atoms with Crippen LogP contribution in [0.15, 0.2) is 0 Å². The van der Waals surface area contributed by atoms with Crippen LogP contribution in [0.25, 0.3) is 0 Å². The normalized spacial score (nSPS) is 3.43. The minimum atomic E-state index is -3.13. The van der Waals surface area contributed by atoms with Crippen molar-refractivity contribution in [1.82, 2.24) is 0 Å². The van der Waals surface area contributed by atoms with Crippen LogP contribution in [0, 0.1) is 0 Å². The molecule has 2 N–H and O–H groups in total. The third-order valence-electron chi connectivity index (χ3n) is 0. The van der Waals surface area contributed by atoms with Crippen LogP contribution in [0.3, 0.4) is 0 Å². The van der Waals surface area contributed by atoms with E-state index in [1.807, 2.05) is 0 Å². The number of hydrogen-bond donors (Lipinski definition) is 2. The first kappa shape index (κ1) is 22.6. The van der Waals surface area contributed by atoms with Crippen LogP contribution < -0.4 is 0 Å². The summed E-state index contributed by atoms with van der Waals surface area (Å²) >= 11 is 0. The van der Waals surface area contributed by atoms with Crippen LogP contribution in [-0.4, -0.2) is 117 Å². The van der Waals surface area contributed by atoms with Crippen LogP contribution in [0.2, 0.25) is 0 Å². The monoisotopic (exact) mass is 172 g/mol. The predicted molar refractivity (Wildman–Crippen MR) is 35.1 cm³/mol. The Hall–Kier alpha value is 2.79. The Morgan fingerprint density at radius 3 is 1.29 bits per heavy atom. The summed E-state index contributed by atoms with van der Waals surface area (Å²) in [7, 11) is -3.13. The van der Waals surface area contributed by atoms with E-state index in [9.17, 15) is 0 Å². The van der Waals surface area contributed by atoms with Gasteiger partial charge >= 0.3 is 90.1 Å². The van der Waals surface area contributed by atoms with Crippen LogP contribution >= 0.6 is 0 Å². The van der Waals surface area contributed by atoms with E-state index in [1.54, 1.807) is 0 Å². The van der Waals surface area contributed by atoms with Crippen LogP contribution in [0.5, 0.6) is 0 Å². The van der Waals surface area contributed by atoms with E-state index in [1.165, 1.54) is 0 Å². The fraction of sp³-hybridized carbons (Fsp3) is 0. The zero-order chi connectivity index (χ0) is 3.58. The zero-order valence-corrected chi connectivity index (χ0v) is 2.80. The van der Waals surface area contributed by atoms with Crippen molar-refractivity contribution >= 4 is 107 Å². The summed E-state index contributed by atoms with van der Waals surface area (Å²) in [6.07, 6.45) is 0. The Kier molecular flexibility index (Phi) is 51.3. The molecule has 0 aliphatic heterocycles. The summed E-state index contributed by atoms with van der Waals surface area (Å²) in [5, 5.41) is 0. The first-order valence-corrected chi connectivity index (χ1v) is 1.95. The van der Waals surface area contributed by atoms with Gasteiger partial charge in [0.05, 0.1) is 0 Å². The van der Waals surface area contributed by atoms with E-state index >= 15 is 0 Å². The van der Waals surface area contributed by atoms with Gasteiger partial charge in [-0.1, -0.05) is 0 Å². The first-order valence-electron chi connectivity index (χ1n) is 0.651. The molecule has 0 aromatic carbocycles. The molecule has 0 unspecified atom stereocenters. The van der Waals surface area contributed by atoms with Crippen molar-refractivity contribution in [2.45, 2.75) is 0 Å². The molecule has 0 rings (SSSR count). The number of rotatable bonds is 0. The molecule has 7 heavy (non-hydrogen) atoms. The summed E-state index contributed by atoms with van der Waals surface area (Å²) in [4.78, 5) is 14.3. The van der Waals surface area contributed by atoms with E-state index in [4.69, 9.17) is 14.1 Å². The van der Waals surface area contributed by atoms with Crippen molar-refractivity contribution in [2.75, 3.05) is 0 Å². The second kappa shape index (κ2) is 15.9. The molecule has 0 amide bonds. The molecule has 0 aliphatic carbocycles. The van der Waals surface area contributed by atoms with Crippen LogP contribution in [-0.2, 0) is 4.46 Å². The fourth-order valence-electron chi connectivity index (χ4n) is 0. The Bertz CT molecular complexity index is 37.9. The summed E-state index contributed by atoms with van der Waals surface area (Å²) in [5.41, 5.74) is 0. The van der Waals surface area contributed by atoms with E-state index in [0.717, 1.165) is 0 Å². The van der Waals surface area contributed by atoms with Gasteiger partial charge in [-0.15, -0.1) is 0 Å². The molecule has 0 aromatic rings. The van der Waals surface area contributed by atoms with Gasteiger partial charge in [-0.3, -0.25) is 4.46 Å². The van der Waals surface area contributed by atoms with Gasteiger partial charge in [0.2, 0.25) is 0 Å². The molecule has 34 valence electrons. The average Bonchev–Trinajstić information content (AvgIpc) is 0.811. The standard InChI is InChI=1S/Al.K.Na.H2O3Si.5H/c;;;1-4(2)3;;;;;/h;;;1-2H;;;;;. The fourth-order valence-corrected chi connectivity index (χ4v) is 0. The van der Waals surface area contributed by atoms with Crippen molar-refractivity contribution in [3.63, 3.8) is 0 Å². The van der Waals surface area contributed by atoms with Gasteiger partial charge in [0.25, 0.3) is 0 Å². The molecule has 0 saturated heterocycles. The summed E-state index contributed by atoms with van der Waals surface area (Å²) < 4.78 is 8.74. The molecule has 0 heterocycles. The van der Waals surface area contributed by atoms with Crippen LogP contribution in [0.1, 0.15) is 0 Å². The third kappa shape index (κ3) is 52.1. The summed E-state index contributed by atoms with van der Waals surface area (Å²) in [5.74, 6) is 0. The SMILES string of the molecule is O=[Si](O)O.[AlH3].[KH].[NaH]. The molecule has 0 spiro atoms. The van der Waals surface area contributed by atoms with E-state index in [0.29, 0.717) is 0 Å². The molecule has 0 aliphatic rings. The van der Waals surface area contributed by atoms with E-state index < -0.39 is 9.17 Å². The Morgan fingerprint density at radius 2 is 1.29 bits per heavy atom. The first-order chi connectivity index (χ1) is 1.73. The van der Waals surface area contributed by atoms with Gasteiger partial charge in [-0.2, -0.15) is 0 Å². The second-order valence-electron chi connectivity index (χ2n) is 0.283. The average molecular weight is 172 g/mol. The molecule has 0 atom stereocenters. The van der Waals surface area contributed by atoms with E-state index in [2.05, 4.69) is 0 Å². The molecule has 3 nitrogen and oxygen atoms in total. The topological polar surface area (TPSA) is 57.5 Å². The van der Waals surface area contributed by atoms with Crippen molar-refractivity contribution < 1.29 is 14.1 Å². The van der Waals surface area contributed by atoms with Gasteiger partial charge in [0.15, 0.2) is 17.4 Å². The van der Waals surface area contributed by atoms with E-state index in [-0.39, 0.29) is 98.3 Å². The van der Waals surface area contributed by atoms with Gasteiger partial charge < -0.3 is 9.59 Å². The Morgan fingerprint density at radius 1 is 1.29 bits per heavy atom.